The van der Waals surface area contributed by atoms with Crippen LogP contribution in [0.1, 0.15) is 6.92 Å². The monoisotopic (exact) mass is 159 g/mol. The van der Waals surface area contributed by atoms with E-state index in [2.05, 4.69) is 4.74 Å². The second-order valence-corrected chi connectivity index (χ2v) is 1.61. The van der Waals surface area contributed by atoms with Crippen molar-refractivity contribution in [2.75, 3.05) is 6.61 Å². The highest BCUT2D eigenvalue weighted by molar-refractivity contribution is 6.13. The molecule has 5 nitrogen and oxygen atoms in total. The number of carboxylic acid groups (broad SMARTS) is 1. The Balaban J connectivity index is 4.29. The van der Waals surface area contributed by atoms with Crippen molar-refractivity contribution in [1.82, 2.24) is 0 Å². The van der Waals surface area contributed by atoms with Crippen LogP contribution in [0.25, 0.3) is 0 Å². The Labute approximate surface area is 63.4 Å². The second kappa shape index (κ2) is 4.32. The van der Waals surface area contributed by atoms with Crippen LogP contribution in [0.5, 0.6) is 0 Å². The third-order valence-corrected chi connectivity index (χ3v) is 0.892. The molecule has 11 heavy (non-hydrogen) atoms. The minimum Gasteiger partial charge on any atom is -0.477 e. The fourth-order valence-corrected chi connectivity index (χ4v) is 0.435. The Bertz CT molecular complexity index is 197. The van der Waals surface area contributed by atoms with Gasteiger partial charge in [-0.3, -0.25) is 0 Å². The van der Waals surface area contributed by atoms with Crippen molar-refractivity contribution >= 4 is 11.9 Å². The molecule has 0 radical (unpaired) electrons. The fraction of sp³-hybridized carbons (Fsp3) is 0.333. The number of rotatable bonds is 3. The van der Waals surface area contributed by atoms with Crippen molar-refractivity contribution in [3.63, 3.8) is 0 Å². The number of aliphatic carboxylic acids is 1. The quantitative estimate of drug-likeness (QED) is 0.250. The molecule has 0 rings (SSSR count). The first-order valence-corrected chi connectivity index (χ1v) is 2.95. The van der Waals surface area contributed by atoms with E-state index in [9.17, 15) is 9.59 Å². The lowest BCUT2D eigenvalue weighted by Gasteiger charge is -1.99. The van der Waals surface area contributed by atoms with Gasteiger partial charge in [0.25, 0.3) is 0 Å². The zero-order valence-electron chi connectivity index (χ0n) is 6.03. The molecular formula is C6H9NO4. The van der Waals surface area contributed by atoms with Gasteiger partial charge in [0.2, 0.25) is 0 Å². The molecule has 62 valence electrons. The Morgan fingerprint density at radius 1 is 1.64 bits per heavy atom. The molecule has 0 saturated carbocycles. The van der Waals surface area contributed by atoms with E-state index in [-0.39, 0.29) is 6.61 Å². The molecule has 0 aromatic carbocycles. The zero-order chi connectivity index (χ0) is 8.85. The van der Waals surface area contributed by atoms with Crippen molar-refractivity contribution in [3.05, 3.63) is 11.8 Å². The van der Waals surface area contributed by atoms with Gasteiger partial charge in [0.15, 0.2) is 5.57 Å². The van der Waals surface area contributed by atoms with Crippen LogP contribution in [-0.2, 0) is 14.3 Å². The summed E-state index contributed by atoms with van der Waals surface area (Å²) in [6.45, 7) is 1.71. The summed E-state index contributed by atoms with van der Waals surface area (Å²) in [7, 11) is 0. The molecule has 0 bridgehead atoms. The molecule has 0 saturated heterocycles. The lowest BCUT2D eigenvalue weighted by atomic mass is 10.3. The Morgan fingerprint density at radius 3 is 2.45 bits per heavy atom. The van der Waals surface area contributed by atoms with Crippen LogP contribution >= 0.6 is 0 Å². The number of hydrogen-bond acceptors (Lipinski definition) is 4. The predicted molar refractivity (Wildman–Crippen MR) is 36.5 cm³/mol. The first-order chi connectivity index (χ1) is 5.13. The van der Waals surface area contributed by atoms with Crippen LogP contribution in [0.4, 0.5) is 0 Å². The topological polar surface area (TPSA) is 89.6 Å². The average Bonchev–Trinajstić information content (AvgIpc) is 1.88. The summed E-state index contributed by atoms with van der Waals surface area (Å²) in [6.07, 6.45) is 0.709. The molecule has 0 aromatic rings. The van der Waals surface area contributed by atoms with Gasteiger partial charge in [-0.1, -0.05) is 0 Å². The number of carbonyl (C=O) groups is 2. The number of carboxylic acids is 1. The number of nitrogens with two attached hydrogens (primary N) is 1. The highest BCUT2D eigenvalue weighted by Gasteiger charge is 2.17. The largest absolute Gasteiger partial charge is 0.477 e. The van der Waals surface area contributed by atoms with Crippen LogP contribution in [0.15, 0.2) is 11.8 Å². The summed E-state index contributed by atoms with van der Waals surface area (Å²) in [4.78, 5) is 20.9. The van der Waals surface area contributed by atoms with E-state index in [1.54, 1.807) is 6.92 Å². The standard InChI is InChI=1S/C6H9NO4/c1-2-11-6(10)4(3-7)5(8)9/h3H,2,7H2,1H3,(H,8,9)/b4-3+. The van der Waals surface area contributed by atoms with E-state index in [0.29, 0.717) is 6.20 Å². The number of esters is 1. The molecule has 0 aliphatic heterocycles. The molecule has 5 heteroatoms. The van der Waals surface area contributed by atoms with Crippen molar-refractivity contribution < 1.29 is 19.4 Å². The zero-order valence-corrected chi connectivity index (χ0v) is 6.03. The third-order valence-electron chi connectivity index (χ3n) is 0.892. The van der Waals surface area contributed by atoms with Crippen molar-refractivity contribution in [1.29, 1.82) is 0 Å². The van der Waals surface area contributed by atoms with E-state index < -0.39 is 17.5 Å². The van der Waals surface area contributed by atoms with Crippen molar-refractivity contribution in [2.45, 2.75) is 6.92 Å². The molecule has 0 aliphatic rings. The maximum absolute atomic E-state index is 10.7. The van der Waals surface area contributed by atoms with Crippen LogP contribution in [0, 0.1) is 0 Å². The molecule has 0 aliphatic carbocycles. The number of hydrogen-bond donors (Lipinski definition) is 2. The Morgan fingerprint density at radius 2 is 2.18 bits per heavy atom. The minimum atomic E-state index is -1.38. The SMILES string of the molecule is CCOC(=O)/C(=C/N)C(=O)O. The van der Waals surface area contributed by atoms with E-state index >= 15 is 0 Å². The normalized spacial score (nSPS) is 10.8. The Hall–Kier alpha value is -1.52. The minimum absolute atomic E-state index is 0.128. The van der Waals surface area contributed by atoms with E-state index in [4.69, 9.17) is 10.8 Å². The molecule has 0 heterocycles. The van der Waals surface area contributed by atoms with E-state index in [1.807, 2.05) is 0 Å². The highest BCUT2D eigenvalue weighted by Crippen LogP contribution is 1.95. The van der Waals surface area contributed by atoms with Gasteiger partial charge in [-0.2, -0.15) is 0 Å². The summed E-state index contributed by atoms with van der Waals surface area (Å²) in [5.74, 6) is -2.30. The van der Waals surface area contributed by atoms with Crippen molar-refractivity contribution in [2.24, 2.45) is 5.73 Å². The van der Waals surface area contributed by atoms with Gasteiger partial charge in [0.05, 0.1) is 6.61 Å². The summed E-state index contributed by atoms with van der Waals surface area (Å²) in [6, 6.07) is 0. The lowest BCUT2D eigenvalue weighted by Crippen LogP contribution is -2.16. The highest BCUT2D eigenvalue weighted by atomic mass is 16.5. The molecule has 0 atom stereocenters. The van der Waals surface area contributed by atoms with Gasteiger partial charge in [0.1, 0.15) is 0 Å². The number of ether oxygens (including phenoxy) is 1. The molecule has 0 spiro atoms. The first-order valence-electron chi connectivity index (χ1n) is 2.95. The third kappa shape index (κ3) is 2.70. The fourth-order valence-electron chi connectivity index (χ4n) is 0.435. The van der Waals surface area contributed by atoms with Gasteiger partial charge < -0.3 is 15.6 Å². The maximum Gasteiger partial charge on any atom is 0.347 e. The van der Waals surface area contributed by atoms with Crippen LogP contribution < -0.4 is 5.73 Å². The molecule has 0 unspecified atom stereocenters. The summed E-state index contributed by atoms with van der Waals surface area (Å²) in [5, 5.41) is 8.32. The van der Waals surface area contributed by atoms with Crippen LogP contribution in [-0.4, -0.2) is 23.7 Å². The van der Waals surface area contributed by atoms with Crippen LogP contribution in [0.3, 0.4) is 0 Å². The predicted octanol–water partition coefficient (Wildman–Crippen LogP) is -0.523. The molecule has 0 amide bonds. The maximum atomic E-state index is 10.7. The van der Waals surface area contributed by atoms with Gasteiger partial charge in [-0.15, -0.1) is 0 Å². The summed E-state index contributed by atoms with van der Waals surface area (Å²) >= 11 is 0. The van der Waals surface area contributed by atoms with E-state index in [1.165, 1.54) is 0 Å². The molecule has 0 fully saturated rings. The van der Waals surface area contributed by atoms with Gasteiger partial charge in [0, 0.05) is 6.20 Å². The summed E-state index contributed by atoms with van der Waals surface area (Å²) < 4.78 is 4.39. The smallest absolute Gasteiger partial charge is 0.347 e. The average molecular weight is 159 g/mol. The van der Waals surface area contributed by atoms with E-state index in [0.717, 1.165) is 0 Å². The second-order valence-electron chi connectivity index (χ2n) is 1.61. The number of carbonyl (C=O) groups excluding carboxylic acids is 1. The molecular weight excluding hydrogens is 150 g/mol. The van der Waals surface area contributed by atoms with Crippen LogP contribution in [0.2, 0.25) is 0 Å². The molecule has 3 N–H and O–H groups in total. The van der Waals surface area contributed by atoms with Crippen molar-refractivity contribution in [3.8, 4) is 0 Å². The molecule has 0 aromatic heterocycles. The first kappa shape index (κ1) is 9.48. The lowest BCUT2D eigenvalue weighted by molar-refractivity contribution is -0.143. The van der Waals surface area contributed by atoms with Gasteiger partial charge in [-0.05, 0) is 6.92 Å². The van der Waals surface area contributed by atoms with Gasteiger partial charge in [-0.25, -0.2) is 9.59 Å². The summed E-state index contributed by atoms with van der Waals surface area (Å²) in [5.41, 5.74) is 4.31. The Kier molecular flexibility index (Phi) is 3.72. The van der Waals surface area contributed by atoms with Gasteiger partial charge >= 0.3 is 11.9 Å².